The largest absolute Gasteiger partial charge is 0.490 e. The molecule has 0 unspecified atom stereocenters. The van der Waals surface area contributed by atoms with Crippen molar-refractivity contribution in [3.8, 4) is 0 Å². The first-order valence-electron chi connectivity index (χ1n) is 5.58. The number of fused-ring (bicyclic) bond motifs is 2. The first-order chi connectivity index (χ1) is 8.58. The average Bonchev–Trinajstić information content (AvgIpc) is 2.91. The van der Waals surface area contributed by atoms with E-state index in [1.54, 1.807) is 0 Å². The quantitative estimate of drug-likeness (QED) is 0.784. The van der Waals surface area contributed by atoms with Crippen molar-refractivity contribution in [1.82, 2.24) is 0 Å². The molecule has 1 aromatic heterocycles. The molecule has 2 heterocycles. The fourth-order valence-electron chi connectivity index (χ4n) is 2.15. The number of thiophene rings is 1. The Labute approximate surface area is 107 Å². The van der Waals surface area contributed by atoms with Gasteiger partial charge in [-0.2, -0.15) is 0 Å². The van der Waals surface area contributed by atoms with Crippen molar-refractivity contribution < 1.29 is 24.5 Å². The van der Waals surface area contributed by atoms with Gasteiger partial charge in [-0.3, -0.25) is 0 Å². The molecule has 0 spiro atoms. The molecule has 1 fully saturated rings. The highest BCUT2D eigenvalue weighted by Gasteiger charge is 2.54. The first-order valence-corrected chi connectivity index (χ1v) is 6.46. The fraction of sp³-hybridized carbons (Fsp3) is 0.417. The smallest absolute Gasteiger partial charge is 0.342 e. The molecule has 1 aliphatic heterocycles. The number of rotatable bonds is 3. The molecule has 0 amide bonds. The van der Waals surface area contributed by atoms with Gasteiger partial charge in [-0.1, -0.05) is 6.07 Å². The third-order valence-electron chi connectivity index (χ3n) is 3.11. The standard InChI is InChI=1S/C12H12O5S/c13-10-8(16-6-7-2-1-3-18-7)4-12(15)5-9(10)17-11(12)14/h1-4,9-10,13,15H,5-6H2/t9-,10-,12+/m1/s1. The lowest BCUT2D eigenvalue weighted by atomic mass is 9.89. The minimum Gasteiger partial charge on any atom is -0.490 e. The van der Waals surface area contributed by atoms with Crippen LogP contribution in [-0.4, -0.2) is 34.0 Å². The zero-order chi connectivity index (χ0) is 12.8. The van der Waals surface area contributed by atoms with Crippen LogP contribution in [0.1, 0.15) is 11.3 Å². The third kappa shape index (κ3) is 1.82. The van der Waals surface area contributed by atoms with Crippen LogP contribution < -0.4 is 0 Å². The Hall–Kier alpha value is -1.37. The molecule has 2 aliphatic rings. The maximum Gasteiger partial charge on any atom is 0.342 e. The summed E-state index contributed by atoms with van der Waals surface area (Å²) in [7, 11) is 0. The van der Waals surface area contributed by atoms with Crippen LogP contribution in [0.15, 0.2) is 29.3 Å². The zero-order valence-electron chi connectivity index (χ0n) is 9.41. The van der Waals surface area contributed by atoms with Gasteiger partial charge in [-0.25, -0.2) is 4.79 Å². The van der Waals surface area contributed by atoms with E-state index < -0.39 is 23.8 Å². The normalized spacial score (nSPS) is 34.1. The van der Waals surface area contributed by atoms with Crippen LogP contribution >= 0.6 is 11.3 Å². The molecule has 2 N–H and O–H groups in total. The Morgan fingerprint density at radius 3 is 3.17 bits per heavy atom. The molecule has 3 rings (SSSR count). The molecule has 1 aromatic rings. The second-order valence-electron chi connectivity index (χ2n) is 4.43. The van der Waals surface area contributed by atoms with Crippen LogP contribution in [0, 0.1) is 0 Å². The average molecular weight is 268 g/mol. The summed E-state index contributed by atoms with van der Waals surface area (Å²) in [5, 5.41) is 21.9. The SMILES string of the molecule is O=C1O[C@@H]2C[C@@]1(O)C=C(OCc1cccs1)[C@H]2O. The van der Waals surface area contributed by atoms with E-state index in [0.717, 1.165) is 4.88 Å². The second-order valence-corrected chi connectivity index (χ2v) is 5.46. The van der Waals surface area contributed by atoms with Crippen LogP contribution in [0.25, 0.3) is 0 Å². The third-order valence-corrected chi connectivity index (χ3v) is 3.96. The fourth-order valence-corrected chi connectivity index (χ4v) is 2.76. The van der Waals surface area contributed by atoms with Crippen molar-refractivity contribution in [2.75, 3.05) is 0 Å². The summed E-state index contributed by atoms with van der Waals surface area (Å²) in [6.07, 6.45) is -0.377. The van der Waals surface area contributed by atoms with E-state index in [4.69, 9.17) is 9.47 Å². The van der Waals surface area contributed by atoms with E-state index in [1.165, 1.54) is 17.4 Å². The topological polar surface area (TPSA) is 76.0 Å². The number of carbonyl (C=O) groups excluding carboxylic acids is 1. The minimum absolute atomic E-state index is 0.0822. The maximum absolute atomic E-state index is 11.4. The lowest BCUT2D eigenvalue weighted by Crippen LogP contribution is -2.38. The minimum atomic E-state index is -1.64. The summed E-state index contributed by atoms with van der Waals surface area (Å²) in [4.78, 5) is 12.4. The summed E-state index contributed by atoms with van der Waals surface area (Å²) in [5.41, 5.74) is -1.64. The molecule has 5 nitrogen and oxygen atoms in total. The Morgan fingerprint density at radius 2 is 2.44 bits per heavy atom. The number of carbonyl (C=O) groups is 1. The van der Waals surface area contributed by atoms with Gasteiger partial charge in [-0.15, -0.1) is 11.3 Å². The van der Waals surface area contributed by atoms with E-state index in [9.17, 15) is 15.0 Å². The van der Waals surface area contributed by atoms with E-state index in [-0.39, 0.29) is 12.2 Å². The van der Waals surface area contributed by atoms with Gasteiger partial charge in [0.25, 0.3) is 0 Å². The van der Waals surface area contributed by atoms with Crippen LogP contribution in [0.5, 0.6) is 0 Å². The summed E-state index contributed by atoms with van der Waals surface area (Å²) >= 11 is 1.54. The predicted molar refractivity (Wildman–Crippen MR) is 62.6 cm³/mol. The lowest BCUT2D eigenvalue weighted by Gasteiger charge is -2.25. The summed E-state index contributed by atoms with van der Waals surface area (Å²) in [6.45, 7) is 0.303. The molecule has 2 bridgehead atoms. The molecule has 1 aliphatic carbocycles. The molecule has 96 valence electrons. The van der Waals surface area contributed by atoms with Crippen LogP contribution in [0.3, 0.4) is 0 Å². The van der Waals surface area contributed by atoms with Gasteiger partial charge in [0.15, 0.2) is 5.60 Å². The highest BCUT2D eigenvalue weighted by Crippen LogP contribution is 2.37. The number of esters is 1. The molecular formula is C12H12O5S. The van der Waals surface area contributed by atoms with Crippen molar-refractivity contribution in [2.45, 2.75) is 30.8 Å². The Bertz CT molecular complexity index is 495. The molecular weight excluding hydrogens is 256 g/mol. The van der Waals surface area contributed by atoms with Crippen LogP contribution in [-0.2, 0) is 20.9 Å². The van der Waals surface area contributed by atoms with Gasteiger partial charge >= 0.3 is 5.97 Å². The van der Waals surface area contributed by atoms with Crippen molar-refractivity contribution >= 4 is 17.3 Å². The van der Waals surface area contributed by atoms with Crippen molar-refractivity contribution in [1.29, 1.82) is 0 Å². The monoisotopic (exact) mass is 268 g/mol. The molecule has 3 atom stereocenters. The maximum atomic E-state index is 11.4. The highest BCUT2D eigenvalue weighted by molar-refractivity contribution is 7.09. The lowest BCUT2D eigenvalue weighted by molar-refractivity contribution is -0.152. The summed E-state index contributed by atoms with van der Waals surface area (Å²) in [5.74, 6) is -0.519. The van der Waals surface area contributed by atoms with E-state index in [1.807, 2.05) is 17.5 Å². The molecule has 6 heteroatoms. The molecule has 0 aromatic carbocycles. The molecule has 0 radical (unpaired) electrons. The number of aliphatic hydroxyl groups excluding tert-OH is 1. The highest BCUT2D eigenvalue weighted by atomic mass is 32.1. The number of aliphatic hydroxyl groups is 2. The van der Waals surface area contributed by atoms with Gasteiger partial charge in [0.05, 0.1) is 0 Å². The zero-order valence-corrected chi connectivity index (χ0v) is 10.2. The van der Waals surface area contributed by atoms with Crippen molar-refractivity contribution in [3.63, 3.8) is 0 Å². The van der Waals surface area contributed by atoms with Gasteiger partial charge in [0.1, 0.15) is 24.6 Å². The number of hydrogen-bond acceptors (Lipinski definition) is 6. The molecule has 18 heavy (non-hydrogen) atoms. The van der Waals surface area contributed by atoms with Gasteiger partial charge in [0, 0.05) is 11.3 Å². The van der Waals surface area contributed by atoms with E-state index in [2.05, 4.69) is 0 Å². The molecule has 1 saturated heterocycles. The second kappa shape index (κ2) is 4.08. The predicted octanol–water partition coefficient (Wildman–Crippen LogP) is 0.570. The Kier molecular flexibility index (Phi) is 2.65. The van der Waals surface area contributed by atoms with Crippen molar-refractivity contribution in [2.24, 2.45) is 0 Å². The Morgan fingerprint density at radius 1 is 1.61 bits per heavy atom. The van der Waals surface area contributed by atoms with Gasteiger partial charge in [0.2, 0.25) is 0 Å². The van der Waals surface area contributed by atoms with Gasteiger partial charge in [-0.05, 0) is 17.5 Å². The van der Waals surface area contributed by atoms with E-state index in [0.29, 0.717) is 6.61 Å². The number of hydrogen-bond donors (Lipinski definition) is 2. The number of ether oxygens (including phenoxy) is 2. The summed E-state index contributed by atoms with van der Waals surface area (Å²) < 4.78 is 10.4. The first kappa shape index (κ1) is 11.7. The van der Waals surface area contributed by atoms with E-state index >= 15 is 0 Å². The van der Waals surface area contributed by atoms with Crippen LogP contribution in [0.2, 0.25) is 0 Å². The molecule has 0 saturated carbocycles. The van der Waals surface area contributed by atoms with Crippen LogP contribution in [0.4, 0.5) is 0 Å². The van der Waals surface area contributed by atoms with Crippen molar-refractivity contribution in [3.05, 3.63) is 34.2 Å². The van der Waals surface area contributed by atoms with Gasteiger partial charge < -0.3 is 19.7 Å². The summed E-state index contributed by atoms with van der Waals surface area (Å²) in [6, 6.07) is 3.81. The Balaban J connectivity index is 1.77.